The number of nitrogens with one attached hydrogen (secondary N) is 2. The van der Waals surface area contributed by atoms with Crippen LogP contribution >= 0.6 is 0 Å². The number of carbonyl (C=O) groups is 1. The number of aromatic amines is 1. The summed E-state index contributed by atoms with van der Waals surface area (Å²) in [6, 6.07) is 22.2. The van der Waals surface area contributed by atoms with Crippen LogP contribution in [-0.2, 0) is 0 Å². The predicted octanol–water partition coefficient (Wildman–Crippen LogP) is 4.04. The number of hydrogen-bond acceptors (Lipinski definition) is 3. The molecule has 1 aromatic heterocycles. The van der Waals surface area contributed by atoms with Crippen LogP contribution in [0.25, 0.3) is 22.2 Å². The van der Waals surface area contributed by atoms with E-state index in [1.165, 1.54) is 0 Å². The summed E-state index contributed by atoms with van der Waals surface area (Å²) in [6.45, 7) is 0. The minimum atomic E-state index is -0.520. The van der Waals surface area contributed by atoms with Crippen LogP contribution in [0.15, 0.2) is 82.0 Å². The van der Waals surface area contributed by atoms with Crippen molar-refractivity contribution < 1.29 is 9.21 Å². The maximum absolute atomic E-state index is 12.7. The van der Waals surface area contributed by atoms with Crippen LogP contribution in [0, 0.1) is 0 Å². The highest BCUT2D eigenvalue weighted by Crippen LogP contribution is 2.25. The second-order valence-corrected chi connectivity index (χ2v) is 5.59. The molecule has 5 nitrogen and oxygen atoms in total. The molecule has 3 aromatic carbocycles. The molecule has 0 spiro atoms. The number of amides is 1. The van der Waals surface area contributed by atoms with E-state index in [-0.39, 0.29) is 5.91 Å². The minimum absolute atomic E-state index is 0.218. The highest BCUT2D eigenvalue weighted by atomic mass is 16.4. The Labute approximate surface area is 142 Å². The molecule has 0 bridgehead atoms. The second kappa shape index (κ2) is 6.13. The number of anilines is 1. The van der Waals surface area contributed by atoms with Gasteiger partial charge in [0.25, 0.3) is 5.91 Å². The molecule has 4 rings (SSSR count). The highest BCUT2D eigenvalue weighted by Gasteiger charge is 2.13. The molecular weight excluding hydrogens is 316 g/mol. The van der Waals surface area contributed by atoms with E-state index in [9.17, 15) is 9.59 Å². The topological polar surface area (TPSA) is 75.1 Å². The third-order valence-electron chi connectivity index (χ3n) is 3.93. The van der Waals surface area contributed by atoms with E-state index in [1.54, 1.807) is 24.3 Å². The van der Waals surface area contributed by atoms with Gasteiger partial charge >= 0.3 is 5.76 Å². The summed E-state index contributed by atoms with van der Waals surface area (Å²) in [5.41, 5.74) is 3.99. The molecule has 0 aliphatic carbocycles. The SMILES string of the molecule is O=C(Nc1ccc2oc(=O)[nH]c2c1)c1ccccc1-c1ccccc1. The summed E-state index contributed by atoms with van der Waals surface area (Å²) in [4.78, 5) is 26.6. The van der Waals surface area contributed by atoms with Crippen molar-refractivity contribution in [1.82, 2.24) is 4.98 Å². The normalized spacial score (nSPS) is 10.7. The Kier molecular flexibility index (Phi) is 3.67. The fourth-order valence-electron chi connectivity index (χ4n) is 2.78. The molecule has 0 aliphatic rings. The molecule has 0 saturated heterocycles. The van der Waals surface area contributed by atoms with E-state index in [0.29, 0.717) is 22.4 Å². The number of hydrogen-bond donors (Lipinski definition) is 2. The molecule has 1 amide bonds. The number of aromatic nitrogens is 1. The molecule has 4 aromatic rings. The van der Waals surface area contributed by atoms with Crippen LogP contribution in [-0.4, -0.2) is 10.9 Å². The third kappa shape index (κ3) is 2.95. The maximum atomic E-state index is 12.7. The first-order valence-corrected chi connectivity index (χ1v) is 7.79. The number of H-pyrrole nitrogens is 1. The lowest BCUT2D eigenvalue weighted by molar-refractivity contribution is 0.102. The van der Waals surface area contributed by atoms with Crippen molar-refractivity contribution in [2.45, 2.75) is 0 Å². The molecule has 0 unspecified atom stereocenters. The Bertz CT molecular complexity index is 1110. The van der Waals surface area contributed by atoms with Gasteiger partial charge in [-0.1, -0.05) is 48.5 Å². The summed E-state index contributed by atoms with van der Waals surface area (Å²) >= 11 is 0. The number of benzene rings is 3. The molecule has 1 heterocycles. The lowest BCUT2D eigenvalue weighted by Gasteiger charge is -2.10. The molecule has 122 valence electrons. The van der Waals surface area contributed by atoms with Gasteiger partial charge in [0.1, 0.15) is 0 Å². The van der Waals surface area contributed by atoms with Crippen LogP contribution in [0.3, 0.4) is 0 Å². The average molecular weight is 330 g/mol. The summed E-state index contributed by atoms with van der Waals surface area (Å²) in [6.07, 6.45) is 0. The van der Waals surface area contributed by atoms with Gasteiger partial charge in [0.05, 0.1) is 5.52 Å². The lowest BCUT2D eigenvalue weighted by Crippen LogP contribution is -2.13. The van der Waals surface area contributed by atoms with Crippen molar-refractivity contribution in [3.8, 4) is 11.1 Å². The third-order valence-corrected chi connectivity index (χ3v) is 3.93. The molecule has 25 heavy (non-hydrogen) atoms. The Morgan fingerprint density at radius 1 is 0.920 bits per heavy atom. The Morgan fingerprint density at radius 2 is 1.68 bits per heavy atom. The lowest BCUT2D eigenvalue weighted by atomic mass is 9.99. The first-order chi connectivity index (χ1) is 12.2. The second-order valence-electron chi connectivity index (χ2n) is 5.59. The van der Waals surface area contributed by atoms with Crippen LogP contribution in [0.1, 0.15) is 10.4 Å². The van der Waals surface area contributed by atoms with Gasteiger partial charge < -0.3 is 9.73 Å². The summed E-state index contributed by atoms with van der Waals surface area (Å²) in [5.74, 6) is -0.738. The zero-order chi connectivity index (χ0) is 17.2. The van der Waals surface area contributed by atoms with Crippen molar-refractivity contribution in [3.05, 3.63) is 88.9 Å². The van der Waals surface area contributed by atoms with Crippen LogP contribution in [0.5, 0.6) is 0 Å². The van der Waals surface area contributed by atoms with Crippen LogP contribution < -0.4 is 11.1 Å². The number of oxazole rings is 1. The maximum Gasteiger partial charge on any atom is 0.417 e. The van der Waals surface area contributed by atoms with Gasteiger partial charge in [-0.05, 0) is 35.4 Å². The molecule has 0 radical (unpaired) electrons. The van der Waals surface area contributed by atoms with Gasteiger partial charge in [0.2, 0.25) is 0 Å². The first-order valence-electron chi connectivity index (χ1n) is 7.79. The monoisotopic (exact) mass is 330 g/mol. The van der Waals surface area contributed by atoms with Gasteiger partial charge in [-0.15, -0.1) is 0 Å². The van der Waals surface area contributed by atoms with E-state index >= 15 is 0 Å². The average Bonchev–Trinajstić information content (AvgIpc) is 3.02. The number of rotatable bonds is 3. The summed E-state index contributed by atoms with van der Waals surface area (Å²) in [5, 5.41) is 2.87. The van der Waals surface area contributed by atoms with Gasteiger partial charge in [0, 0.05) is 11.3 Å². The summed E-state index contributed by atoms with van der Waals surface area (Å²) < 4.78 is 4.97. The Balaban J connectivity index is 1.68. The van der Waals surface area contributed by atoms with Gasteiger partial charge in [0.15, 0.2) is 5.58 Å². The number of fused-ring (bicyclic) bond motifs is 1. The first kappa shape index (κ1) is 15.0. The Hall–Kier alpha value is -3.60. The standard InChI is InChI=1S/C20H14N2O3/c23-19(21-14-10-11-18-17(12-14)22-20(24)25-18)16-9-5-4-8-15(16)13-6-2-1-3-7-13/h1-12H,(H,21,23)(H,22,24). The molecule has 0 fully saturated rings. The van der Waals surface area contributed by atoms with Crippen molar-refractivity contribution in [1.29, 1.82) is 0 Å². The van der Waals surface area contributed by atoms with Crippen molar-refractivity contribution in [3.63, 3.8) is 0 Å². The fraction of sp³-hybridized carbons (Fsp3) is 0. The Morgan fingerprint density at radius 3 is 2.52 bits per heavy atom. The van der Waals surface area contributed by atoms with Crippen molar-refractivity contribution >= 4 is 22.7 Å². The van der Waals surface area contributed by atoms with Crippen LogP contribution in [0.4, 0.5) is 5.69 Å². The molecule has 0 saturated carbocycles. The molecule has 0 atom stereocenters. The van der Waals surface area contributed by atoms with E-state index in [1.807, 2.05) is 48.5 Å². The smallest absolute Gasteiger partial charge is 0.408 e. The predicted molar refractivity (Wildman–Crippen MR) is 96.7 cm³/mol. The van der Waals surface area contributed by atoms with Crippen molar-refractivity contribution in [2.75, 3.05) is 5.32 Å². The summed E-state index contributed by atoms with van der Waals surface area (Å²) in [7, 11) is 0. The van der Waals surface area contributed by atoms with E-state index < -0.39 is 5.76 Å². The molecular formula is C20H14N2O3. The largest absolute Gasteiger partial charge is 0.417 e. The van der Waals surface area contributed by atoms with Gasteiger partial charge in [-0.25, -0.2) is 4.79 Å². The van der Waals surface area contributed by atoms with E-state index in [2.05, 4.69) is 10.3 Å². The number of carbonyl (C=O) groups excluding carboxylic acids is 1. The van der Waals surface area contributed by atoms with E-state index in [0.717, 1.165) is 11.1 Å². The zero-order valence-corrected chi connectivity index (χ0v) is 13.2. The molecule has 0 aliphatic heterocycles. The highest BCUT2D eigenvalue weighted by molar-refractivity contribution is 6.09. The zero-order valence-electron chi connectivity index (χ0n) is 13.2. The van der Waals surface area contributed by atoms with Crippen molar-refractivity contribution in [2.24, 2.45) is 0 Å². The van der Waals surface area contributed by atoms with Gasteiger partial charge in [-0.3, -0.25) is 9.78 Å². The quantitative estimate of drug-likeness (QED) is 0.595. The molecule has 5 heteroatoms. The molecule has 2 N–H and O–H groups in total. The fourth-order valence-corrected chi connectivity index (χ4v) is 2.78. The van der Waals surface area contributed by atoms with Gasteiger partial charge in [-0.2, -0.15) is 0 Å². The van der Waals surface area contributed by atoms with E-state index in [4.69, 9.17) is 4.42 Å². The minimum Gasteiger partial charge on any atom is -0.408 e. The van der Waals surface area contributed by atoms with Crippen LogP contribution in [0.2, 0.25) is 0 Å².